The fourth-order valence-electron chi connectivity index (χ4n) is 4.56. The zero-order chi connectivity index (χ0) is 23.7. The average Bonchev–Trinajstić information content (AvgIpc) is 2.87. The van der Waals surface area contributed by atoms with Gasteiger partial charge in [0.15, 0.2) is 11.5 Å². The van der Waals surface area contributed by atoms with E-state index in [4.69, 9.17) is 13.9 Å². The first-order valence-electron chi connectivity index (χ1n) is 11.6. The molecule has 1 aliphatic rings. The van der Waals surface area contributed by atoms with Crippen molar-refractivity contribution in [2.45, 2.75) is 13.8 Å². The summed E-state index contributed by atoms with van der Waals surface area (Å²) in [6.45, 7) is 8.90. The van der Waals surface area contributed by atoms with Crippen LogP contribution in [0.15, 0.2) is 57.9 Å². The molecule has 4 aromatic rings. The third-order valence-corrected chi connectivity index (χ3v) is 6.73. The molecule has 0 amide bonds. The first-order valence-corrected chi connectivity index (χ1v) is 11.6. The van der Waals surface area contributed by atoms with Gasteiger partial charge in [0.1, 0.15) is 12.2 Å². The van der Waals surface area contributed by atoms with E-state index in [-0.39, 0.29) is 5.63 Å². The number of anilines is 1. The van der Waals surface area contributed by atoms with Gasteiger partial charge in [-0.3, -0.25) is 9.88 Å². The lowest BCUT2D eigenvalue weighted by Gasteiger charge is -2.36. The molecule has 0 spiro atoms. The van der Waals surface area contributed by atoms with E-state index >= 15 is 0 Å². The Morgan fingerprint density at radius 2 is 1.79 bits per heavy atom. The molecule has 1 aliphatic heterocycles. The molecule has 3 heterocycles. The van der Waals surface area contributed by atoms with Crippen molar-refractivity contribution in [3.05, 3.63) is 70.2 Å². The standard InChI is InChI=1S/C27H29N3O4/c1-18-19(2)27(31)34-23-17-24(32-3)25(16-21(18)23)33-15-14-29-10-12-30(13-11-29)22-8-4-6-20-7-5-9-28-26(20)22/h4-9,16-17H,10-15H2,1-3H3. The molecule has 0 saturated carbocycles. The highest BCUT2D eigenvalue weighted by atomic mass is 16.5. The lowest BCUT2D eigenvalue weighted by atomic mass is 10.1. The van der Waals surface area contributed by atoms with Crippen LogP contribution in [-0.2, 0) is 0 Å². The summed E-state index contributed by atoms with van der Waals surface area (Å²) in [5.41, 5.74) is 3.97. The Bertz CT molecular complexity index is 1390. The van der Waals surface area contributed by atoms with Crippen molar-refractivity contribution >= 4 is 27.6 Å². The molecule has 5 rings (SSSR count). The van der Waals surface area contributed by atoms with E-state index in [0.29, 0.717) is 29.3 Å². The van der Waals surface area contributed by atoms with Crippen molar-refractivity contribution in [1.82, 2.24) is 9.88 Å². The molecule has 34 heavy (non-hydrogen) atoms. The summed E-state index contributed by atoms with van der Waals surface area (Å²) in [4.78, 5) is 21.4. The van der Waals surface area contributed by atoms with Crippen LogP contribution in [0.1, 0.15) is 11.1 Å². The molecule has 1 saturated heterocycles. The second kappa shape index (κ2) is 9.35. The Balaban J connectivity index is 1.23. The molecule has 2 aromatic carbocycles. The maximum Gasteiger partial charge on any atom is 0.339 e. The van der Waals surface area contributed by atoms with Gasteiger partial charge in [-0.15, -0.1) is 0 Å². The third-order valence-electron chi connectivity index (χ3n) is 6.73. The number of ether oxygens (including phenoxy) is 2. The zero-order valence-electron chi connectivity index (χ0n) is 19.8. The summed E-state index contributed by atoms with van der Waals surface area (Å²) in [6.07, 6.45) is 1.86. The van der Waals surface area contributed by atoms with E-state index < -0.39 is 0 Å². The zero-order valence-corrected chi connectivity index (χ0v) is 19.8. The first-order chi connectivity index (χ1) is 16.5. The van der Waals surface area contributed by atoms with Gasteiger partial charge in [0.05, 0.1) is 18.3 Å². The average molecular weight is 460 g/mol. The van der Waals surface area contributed by atoms with Crippen LogP contribution >= 0.6 is 0 Å². The van der Waals surface area contributed by atoms with Gasteiger partial charge in [0.25, 0.3) is 0 Å². The van der Waals surface area contributed by atoms with Gasteiger partial charge >= 0.3 is 5.63 Å². The van der Waals surface area contributed by atoms with E-state index in [9.17, 15) is 4.79 Å². The van der Waals surface area contributed by atoms with Crippen LogP contribution in [-0.4, -0.2) is 56.3 Å². The van der Waals surface area contributed by atoms with Gasteiger partial charge in [-0.1, -0.05) is 18.2 Å². The lowest BCUT2D eigenvalue weighted by Crippen LogP contribution is -2.47. The summed E-state index contributed by atoms with van der Waals surface area (Å²) in [5, 5.41) is 2.04. The molecule has 176 valence electrons. The number of aromatic nitrogens is 1. The number of rotatable bonds is 6. The number of benzene rings is 2. The summed E-state index contributed by atoms with van der Waals surface area (Å²) in [6, 6.07) is 14.1. The Morgan fingerprint density at radius 1 is 1.00 bits per heavy atom. The first kappa shape index (κ1) is 22.2. The molecule has 0 atom stereocenters. The summed E-state index contributed by atoms with van der Waals surface area (Å²) >= 11 is 0. The van der Waals surface area contributed by atoms with Crippen LogP contribution in [0.25, 0.3) is 21.9 Å². The minimum atomic E-state index is -0.320. The number of fused-ring (bicyclic) bond motifs is 2. The van der Waals surface area contributed by atoms with Crippen molar-refractivity contribution in [3.63, 3.8) is 0 Å². The number of methoxy groups -OCH3 is 1. The topological polar surface area (TPSA) is 68.0 Å². The number of pyridine rings is 1. The number of hydrogen-bond acceptors (Lipinski definition) is 7. The second-order valence-corrected chi connectivity index (χ2v) is 8.67. The highest BCUT2D eigenvalue weighted by molar-refractivity contribution is 5.90. The smallest absolute Gasteiger partial charge is 0.339 e. The van der Waals surface area contributed by atoms with Crippen molar-refractivity contribution in [2.24, 2.45) is 0 Å². The van der Waals surface area contributed by atoms with Crippen LogP contribution in [0, 0.1) is 13.8 Å². The summed E-state index contributed by atoms with van der Waals surface area (Å²) in [5.74, 6) is 1.22. The van der Waals surface area contributed by atoms with Crippen LogP contribution in [0.5, 0.6) is 11.5 Å². The molecule has 7 nitrogen and oxygen atoms in total. The second-order valence-electron chi connectivity index (χ2n) is 8.67. The highest BCUT2D eigenvalue weighted by Crippen LogP contribution is 2.34. The predicted octanol–water partition coefficient (Wildman–Crippen LogP) is 4.17. The fraction of sp³-hybridized carbons (Fsp3) is 0.333. The normalized spacial score (nSPS) is 14.6. The molecule has 1 fully saturated rings. The van der Waals surface area contributed by atoms with Gasteiger partial charge in [-0.05, 0) is 37.6 Å². The molecule has 0 bridgehead atoms. The van der Waals surface area contributed by atoms with Crippen molar-refractivity contribution < 1.29 is 13.9 Å². The van der Waals surface area contributed by atoms with Gasteiger partial charge < -0.3 is 18.8 Å². The lowest BCUT2D eigenvalue weighted by molar-refractivity contribution is 0.197. The van der Waals surface area contributed by atoms with Gasteiger partial charge in [-0.2, -0.15) is 0 Å². The Hall–Kier alpha value is -3.58. The third kappa shape index (κ3) is 4.19. The van der Waals surface area contributed by atoms with Crippen molar-refractivity contribution in [3.8, 4) is 11.5 Å². The van der Waals surface area contributed by atoms with Crippen LogP contribution < -0.4 is 20.0 Å². The van der Waals surface area contributed by atoms with E-state index in [1.807, 2.05) is 25.3 Å². The molecule has 2 aromatic heterocycles. The minimum absolute atomic E-state index is 0.320. The maximum atomic E-state index is 12.0. The largest absolute Gasteiger partial charge is 0.493 e. The Morgan fingerprint density at radius 3 is 2.59 bits per heavy atom. The molecule has 0 N–H and O–H groups in total. The van der Waals surface area contributed by atoms with Gasteiger partial charge in [0.2, 0.25) is 0 Å². The number of hydrogen-bond donors (Lipinski definition) is 0. The quantitative estimate of drug-likeness (QED) is 0.401. The molecular weight excluding hydrogens is 430 g/mol. The predicted molar refractivity (Wildman–Crippen MR) is 134 cm³/mol. The van der Waals surface area contributed by atoms with Crippen molar-refractivity contribution in [2.75, 3.05) is 51.3 Å². The van der Waals surface area contributed by atoms with E-state index in [1.54, 1.807) is 20.1 Å². The highest BCUT2D eigenvalue weighted by Gasteiger charge is 2.19. The van der Waals surface area contributed by atoms with Gasteiger partial charge in [0, 0.05) is 61.3 Å². The van der Waals surface area contributed by atoms with Gasteiger partial charge in [-0.25, -0.2) is 4.79 Å². The van der Waals surface area contributed by atoms with Crippen LogP contribution in [0.2, 0.25) is 0 Å². The molecule has 0 aliphatic carbocycles. The van der Waals surface area contributed by atoms with E-state index in [1.165, 1.54) is 11.1 Å². The molecule has 7 heteroatoms. The van der Waals surface area contributed by atoms with Crippen LogP contribution in [0.4, 0.5) is 5.69 Å². The SMILES string of the molecule is COc1cc2oc(=O)c(C)c(C)c2cc1OCCN1CCN(c2cccc3cccnc23)CC1. The number of para-hydroxylation sites is 1. The minimum Gasteiger partial charge on any atom is -0.493 e. The fourth-order valence-corrected chi connectivity index (χ4v) is 4.56. The Kier molecular flexibility index (Phi) is 6.11. The van der Waals surface area contributed by atoms with Crippen molar-refractivity contribution in [1.29, 1.82) is 0 Å². The number of aryl methyl sites for hydroxylation is 1. The molecule has 0 unspecified atom stereocenters. The summed E-state index contributed by atoms with van der Waals surface area (Å²) in [7, 11) is 1.59. The van der Waals surface area contributed by atoms with Crippen LogP contribution in [0.3, 0.4) is 0 Å². The monoisotopic (exact) mass is 459 g/mol. The number of nitrogens with zero attached hydrogens (tertiary/aromatic N) is 3. The maximum absolute atomic E-state index is 12.0. The molecule has 0 radical (unpaired) electrons. The Labute approximate surface area is 198 Å². The summed E-state index contributed by atoms with van der Waals surface area (Å²) < 4.78 is 17.0. The molecular formula is C27H29N3O4. The number of piperazine rings is 1. The van der Waals surface area contributed by atoms with E-state index in [0.717, 1.165) is 49.2 Å². The van der Waals surface area contributed by atoms with E-state index in [2.05, 4.69) is 39.0 Å².